The Hall–Kier alpha value is -1.13. The molecule has 0 saturated heterocycles. The van der Waals surface area contributed by atoms with Crippen molar-refractivity contribution in [2.45, 2.75) is 19.4 Å². The lowest BCUT2D eigenvalue weighted by Gasteiger charge is -2.24. The summed E-state index contributed by atoms with van der Waals surface area (Å²) < 4.78 is 18.3. The third-order valence-electron chi connectivity index (χ3n) is 2.62. The van der Waals surface area contributed by atoms with Crippen molar-refractivity contribution in [3.63, 3.8) is 0 Å². The fourth-order valence-corrected chi connectivity index (χ4v) is 1.81. The molecular formula is C13H17ClFNO2. The maximum Gasteiger partial charge on any atom is 0.307 e. The summed E-state index contributed by atoms with van der Waals surface area (Å²) in [5.41, 5.74) is 0.704. The highest BCUT2D eigenvalue weighted by Crippen LogP contribution is 2.26. The summed E-state index contributed by atoms with van der Waals surface area (Å²) in [5.74, 6) is -0.781. The summed E-state index contributed by atoms with van der Waals surface area (Å²) >= 11 is 5.64. The van der Waals surface area contributed by atoms with Gasteiger partial charge in [0.25, 0.3) is 0 Å². The predicted octanol–water partition coefficient (Wildman–Crippen LogP) is 3.04. The Morgan fingerprint density at radius 3 is 2.67 bits per heavy atom. The molecule has 0 aliphatic heterocycles. The van der Waals surface area contributed by atoms with Gasteiger partial charge in [-0.15, -0.1) is 0 Å². The van der Waals surface area contributed by atoms with Gasteiger partial charge < -0.3 is 9.64 Å². The largest absolute Gasteiger partial charge is 0.466 e. The molecule has 0 heterocycles. The minimum Gasteiger partial charge on any atom is -0.466 e. The van der Waals surface area contributed by atoms with E-state index in [1.165, 1.54) is 12.1 Å². The van der Waals surface area contributed by atoms with Gasteiger partial charge in [0.1, 0.15) is 5.82 Å². The Labute approximate surface area is 111 Å². The van der Waals surface area contributed by atoms with E-state index in [2.05, 4.69) is 0 Å². The number of carbonyl (C=O) groups excluding carboxylic acids is 1. The molecule has 0 amide bonds. The van der Waals surface area contributed by atoms with Crippen LogP contribution in [0.1, 0.15) is 24.9 Å². The molecule has 0 fully saturated rings. The topological polar surface area (TPSA) is 29.5 Å². The molecule has 18 heavy (non-hydrogen) atoms. The van der Waals surface area contributed by atoms with E-state index in [1.54, 1.807) is 13.0 Å². The van der Waals surface area contributed by atoms with Crippen molar-refractivity contribution in [1.82, 2.24) is 4.90 Å². The van der Waals surface area contributed by atoms with Crippen LogP contribution in [0, 0.1) is 5.82 Å². The number of halogens is 2. The lowest BCUT2D eigenvalue weighted by atomic mass is 10.0. The predicted molar refractivity (Wildman–Crippen MR) is 69.1 cm³/mol. The monoisotopic (exact) mass is 273 g/mol. The second-order valence-electron chi connectivity index (χ2n) is 4.16. The molecule has 0 spiro atoms. The van der Waals surface area contributed by atoms with Gasteiger partial charge in [0.15, 0.2) is 0 Å². The maximum atomic E-state index is 13.4. The molecule has 0 N–H and O–H groups in total. The van der Waals surface area contributed by atoms with E-state index in [0.29, 0.717) is 12.2 Å². The zero-order valence-corrected chi connectivity index (χ0v) is 11.5. The second-order valence-corrected chi connectivity index (χ2v) is 4.57. The fraction of sp³-hybridized carbons (Fsp3) is 0.462. The van der Waals surface area contributed by atoms with Gasteiger partial charge in [-0.2, -0.15) is 0 Å². The lowest BCUT2D eigenvalue weighted by molar-refractivity contribution is -0.144. The van der Waals surface area contributed by atoms with Crippen LogP contribution in [0.2, 0.25) is 5.02 Å². The standard InChI is InChI=1S/C13H17ClFNO2/c1-4-18-13(17)8-12(16(2)3)9-5-6-10(14)11(15)7-9/h5-7,12H,4,8H2,1-3H3. The van der Waals surface area contributed by atoms with E-state index < -0.39 is 5.82 Å². The Morgan fingerprint density at radius 1 is 1.50 bits per heavy atom. The normalized spacial score (nSPS) is 12.6. The van der Waals surface area contributed by atoms with Gasteiger partial charge in [-0.25, -0.2) is 4.39 Å². The van der Waals surface area contributed by atoms with Crippen molar-refractivity contribution < 1.29 is 13.9 Å². The molecule has 1 atom stereocenters. The highest BCUT2D eigenvalue weighted by molar-refractivity contribution is 6.30. The van der Waals surface area contributed by atoms with Crippen molar-refractivity contribution in [2.75, 3.05) is 20.7 Å². The summed E-state index contributed by atoms with van der Waals surface area (Å²) in [5, 5.41) is 0.0763. The molecule has 0 bridgehead atoms. The number of benzene rings is 1. The first-order valence-corrected chi connectivity index (χ1v) is 6.10. The van der Waals surface area contributed by atoms with Crippen molar-refractivity contribution in [3.8, 4) is 0 Å². The number of carbonyl (C=O) groups is 1. The number of hydrogen-bond donors (Lipinski definition) is 0. The smallest absolute Gasteiger partial charge is 0.307 e. The Balaban J connectivity index is 2.90. The van der Waals surface area contributed by atoms with Crippen molar-refractivity contribution in [2.24, 2.45) is 0 Å². The van der Waals surface area contributed by atoms with E-state index in [4.69, 9.17) is 16.3 Å². The lowest BCUT2D eigenvalue weighted by Crippen LogP contribution is -2.24. The second kappa shape index (κ2) is 6.71. The highest BCUT2D eigenvalue weighted by Gasteiger charge is 2.20. The maximum absolute atomic E-state index is 13.4. The van der Waals surface area contributed by atoms with Crippen molar-refractivity contribution in [3.05, 3.63) is 34.6 Å². The van der Waals surface area contributed by atoms with Gasteiger partial charge in [-0.1, -0.05) is 17.7 Å². The molecule has 100 valence electrons. The molecule has 0 aliphatic rings. The molecular weight excluding hydrogens is 257 g/mol. The average Bonchev–Trinajstić information content (AvgIpc) is 2.30. The van der Waals surface area contributed by atoms with E-state index in [0.717, 1.165) is 0 Å². The molecule has 1 rings (SSSR count). The van der Waals surface area contributed by atoms with Gasteiger partial charge in [0, 0.05) is 6.04 Å². The van der Waals surface area contributed by atoms with E-state index >= 15 is 0 Å². The Morgan fingerprint density at radius 2 is 2.17 bits per heavy atom. The van der Waals surface area contributed by atoms with Crippen LogP contribution in [0.3, 0.4) is 0 Å². The molecule has 0 saturated carbocycles. The van der Waals surface area contributed by atoms with Gasteiger partial charge in [-0.3, -0.25) is 4.79 Å². The third kappa shape index (κ3) is 3.96. The first-order chi connectivity index (χ1) is 8.45. The summed E-state index contributed by atoms with van der Waals surface area (Å²) in [6, 6.07) is 4.34. The first kappa shape index (κ1) is 14.9. The summed E-state index contributed by atoms with van der Waals surface area (Å²) in [7, 11) is 3.66. The molecule has 3 nitrogen and oxygen atoms in total. The molecule has 0 aliphatic carbocycles. The first-order valence-electron chi connectivity index (χ1n) is 5.72. The minimum absolute atomic E-state index is 0.0763. The molecule has 1 aromatic rings. The quantitative estimate of drug-likeness (QED) is 0.773. The molecule has 1 aromatic carbocycles. The van der Waals surface area contributed by atoms with Crippen LogP contribution in [-0.4, -0.2) is 31.6 Å². The van der Waals surface area contributed by atoms with Crippen LogP contribution in [0.15, 0.2) is 18.2 Å². The van der Waals surface area contributed by atoms with E-state index in [1.807, 2.05) is 19.0 Å². The highest BCUT2D eigenvalue weighted by atomic mass is 35.5. The third-order valence-corrected chi connectivity index (χ3v) is 2.92. The SMILES string of the molecule is CCOC(=O)CC(c1ccc(Cl)c(F)c1)N(C)C. The summed E-state index contributed by atoms with van der Waals surface area (Å²) in [6.07, 6.45) is 0.182. The molecule has 5 heteroatoms. The molecule has 0 aromatic heterocycles. The van der Waals surface area contributed by atoms with Gasteiger partial charge in [0.05, 0.1) is 18.1 Å². The van der Waals surface area contributed by atoms with Gasteiger partial charge >= 0.3 is 5.97 Å². The average molecular weight is 274 g/mol. The van der Waals surface area contributed by atoms with Gasteiger partial charge in [-0.05, 0) is 38.7 Å². The fourth-order valence-electron chi connectivity index (χ4n) is 1.70. The Bertz CT molecular complexity index is 423. The van der Waals surface area contributed by atoms with E-state index in [9.17, 15) is 9.18 Å². The number of ether oxygens (including phenoxy) is 1. The van der Waals surface area contributed by atoms with Crippen LogP contribution in [0.5, 0.6) is 0 Å². The summed E-state index contributed by atoms with van der Waals surface area (Å²) in [4.78, 5) is 13.4. The van der Waals surface area contributed by atoms with E-state index in [-0.39, 0.29) is 23.5 Å². The number of nitrogens with zero attached hydrogens (tertiary/aromatic N) is 1. The number of rotatable bonds is 5. The van der Waals surface area contributed by atoms with Crippen LogP contribution >= 0.6 is 11.6 Å². The molecule has 1 unspecified atom stereocenters. The number of esters is 1. The zero-order chi connectivity index (χ0) is 13.7. The summed E-state index contributed by atoms with van der Waals surface area (Å²) in [6.45, 7) is 2.10. The van der Waals surface area contributed by atoms with Gasteiger partial charge in [0.2, 0.25) is 0 Å². The molecule has 0 radical (unpaired) electrons. The van der Waals surface area contributed by atoms with Crippen molar-refractivity contribution >= 4 is 17.6 Å². The van der Waals surface area contributed by atoms with Crippen LogP contribution < -0.4 is 0 Å². The van der Waals surface area contributed by atoms with Crippen LogP contribution in [0.4, 0.5) is 4.39 Å². The van der Waals surface area contributed by atoms with Crippen LogP contribution in [0.25, 0.3) is 0 Å². The zero-order valence-electron chi connectivity index (χ0n) is 10.7. The Kier molecular flexibility index (Phi) is 5.56. The van der Waals surface area contributed by atoms with Crippen LogP contribution in [-0.2, 0) is 9.53 Å². The number of hydrogen-bond acceptors (Lipinski definition) is 3. The minimum atomic E-state index is -0.482. The van der Waals surface area contributed by atoms with Crippen molar-refractivity contribution in [1.29, 1.82) is 0 Å².